The number of nitrogens with zero attached hydrogens (tertiary/aromatic N) is 2. The Bertz CT molecular complexity index is 1160. The Labute approximate surface area is 195 Å². The molecule has 0 saturated heterocycles. The number of hydrogen-bond acceptors (Lipinski definition) is 6. The number of anilines is 1. The molecular weight excluding hydrogens is 440 g/mol. The minimum Gasteiger partial charge on any atom is -0.480 e. The smallest absolute Gasteiger partial charge is 0.411 e. The van der Waals surface area contributed by atoms with Gasteiger partial charge in [0.25, 0.3) is 0 Å². The molecule has 1 unspecified atom stereocenters. The standard InChI is InChI=1S/C24H24N4O6/c29-10-9-21(23(31)32)27-22(30)13-28-12-15(11-25-28)26-24(33)34-14-20-18-7-3-1-5-16(18)17-6-2-4-8-19(17)20/h1-8,11-12,20-21,29H,9-10,13-14H2,(H,26,33)(H,27,30)(H,31,32). The number of aliphatic carboxylic acids is 1. The van der Waals surface area contributed by atoms with Crippen molar-refractivity contribution in [3.05, 3.63) is 72.1 Å². The number of aliphatic hydroxyl groups is 1. The van der Waals surface area contributed by atoms with Crippen molar-refractivity contribution in [2.75, 3.05) is 18.5 Å². The summed E-state index contributed by atoms with van der Waals surface area (Å²) in [4.78, 5) is 35.5. The number of ether oxygens (including phenoxy) is 1. The van der Waals surface area contributed by atoms with Crippen molar-refractivity contribution >= 4 is 23.7 Å². The molecule has 0 spiro atoms. The lowest BCUT2D eigenvalue weighted by molar-refractivity contribution is -0.142. The molecule has 1 atom stereocenters. The number of hydrogen-bond donors (Lipinski definition) is 4. The summed E-state index contributed by atoms with van der Waals surface area (Å²) in [5.41, 5.74) is 4.81. The lowest BCUT2D eigenvalue weighted by Crippen LogP contribution is -2.42. The molecule has 10 heteroatoms. The molecular formula is C24H24N4O6. The Morgan fingerprint density at radius 1 is 1.06 bits per heavy atom. The molecule has 1 aromatic heterocycles. The highest BCUT2D eigenvalue weighted by Gasteiger charge is 2.29. The number of carbonyl (C=O) groups is 3. The molecule has 0 aliphatic heterocycles. The highest BCUT2D eigenvalue weighted by molar-refractivity contribution is 5.85. The molecule has 3 aromatic rings. The molecule has 0 saturated carbocycles. The molecule has 1 aliphatic rings. The monoisotopic (exact) mass is 464 g/mol. The van der Waals surface area contributed by atoms with Gasteiger partial charge in [-0.3, -0.25) is 14.8 Å². The molecule has 1 heterocycles. The van der Waals surface area contributed by atoms with Gasteiger partial charge in [0, 0.05) is 25.1 Å². The molecule has 2 aromatic carbocycles. The molecule has 10 nitrogen and oxygen atoms in total. The molecule has 0 fully saturated rings. The summed E-state index contributed by atoms with van der Waals surface area (Å²) in [6, 6.07) is 14.9. The average Bonchev–Trinajstić information content (AvgIpc) is 3.39. The minimum atomic E-state index is -1.24. The molecule has 0 bridgehead atoms. The van der Waals surface area contributed by atoms with E-state index in [-0.39, 0.29) is 32.1 Å². The molecule has 176 valence electrons. The van der Waals surface area contributed by atoms with Crippen molar-refractivity contribution in [1.29, 1.82) is 0 Å². The van der Waals surface area contributed by atoms with Crippen LogP contribution in [0.4, 0.5) is 10.5 Å². The average molecular weight is 464 g/mol. The van der Waals surface area contributed by atoms with Crippen molar-refractivity contribution in [1.82, 2.24) is 15.1 Å². The normalized spacial score (nSPS) is 13.0. The number of aromatic nitrogens is 2. The van der Waals surface area contributed by atoms with Crippen LogP contribution < -0.4 is 10.6 Å². The number of amides is 2. The maximum Gasteiger partial charge on any atom is 0.411 e. The fourth-order valence-electron chi connectivity index (χ4n) is 4.04. The Hall–Kier alpha value is -4.18. The molecule has 4 rings (SSSR count). The number of carboxylic acid groups (broad SMARTS) is 1. The van der Waals surface area contributed by atoms with E-state index in [2.05, 4.69) is 27.9 Å². The Balaban J connectivity index is 1.32. The van der Waals surface area contributed by atoms with Gasteiger partial charge in [0.05, 0.1) is 11.9 Å². The molecule has 0 radical (unpaired) electrons. The highest BCUT2D eigenvalue weighted by atomic mass is 16.5. The van der Waals surface area contributed by atoms with Crippen molar-refractivity contribution in [2.24, 2.45) is 0 Å². The number of carboxylic acids is 1. The van der Waals surface area contributed by atoms with Gasteiger partial charge in [-0.1, -0.05) is 48.5 Å². The van der Waals surface area contributed by atoms with Crippen molar-refractivity contribution < 1.29 is 29.3 Å². The first-order valence-electron chi connectivity index (χ1n) is 10.7. The quantitative estimate of drug-likeness (QED) is 0.380. The predicted octanol–water partition coefficient (Wildman–Crippen LogP) is 2.20. The van der Waals surface area contributed by atoms with E-state index in [1.54, 1.807) is 0 Å². The minimum absolute atomic E-state index is 0.0642. The number of nitrogens with one attached hydrogen (secondary N) is 2. The molecule has 34 heavy (non-hydrogen) atoms. The van der Waals surface area contributed by atoms with Crippen LogP contribution in [0.2, 0.25) is 0 Å². The van der Waals surface area contributed by atoms with E-state index >= 15 is 0 Å². The van der Waals surface area contributed by atoms with E-state index in [0.29, 0.717) is 5.69 Å². The van der Waals surface area contributed by atoms with E-state index in [9.17, 15) is 14.4 Å². The van der Waals surface area contributed by atoms with Gasteiger partial charge in [-0.15, -0.1) is 0 Å². The zero-order valence-electron chi connectivity index (χ0n) is 18.2. The third-order valence-electron chi connectivity index (χ3n) is 5.58. The fourth-order valence-corrected chi connectivity index (χ4v) is 4.04. The van der Waals surface area contributed by atoms with Crippen LogP contribution in [-0.2, 0) is 20.9 Å². The first-order valence-corrected chi connectivity index (χ1v) is 10.7. The van der Waals surface area contributed by atoms with Crippen LogP contribution in [0.5, 0.6) is 0 Å². The van der Waals surface area contributed by atoms with Gasteiger partial charge in [0.2, 0.25) is 5.91 Å². The van der Waals surface area contributed by atoms with Gasteiger partial charge in [0.1, 0.15) is 19.2 Å². The van der Waals surface area contributed by atoms with E-state index in [0.717, 1.165) is 22.3 Å². The summed E-state index contributed by atoms with van der Waals surface area (Å²) >= 11 is 0. The highest BCUT2D eigenvalue weighted by Crippen LogP contribution is 2.44. The van der Waals surface area contributed by atoms with Crippen LogP contribution in [-0.4, -0.2) is 57.2 Å². The molecule has 2 amide bonds. The lowest BCUT2D eigenvalue weighted by atomic mass is 9.98. The Kier molecular flexibility index (Phi) is 6.88. The Morgan fingerprint density at radius 3 is 2.32 bits per heavy atom. The maximum atomic E-state index is 12.4. The van der Waals surface area contributed by atoms with Gasteiger partial charge < -0.3 is 20.3 Å². The molecule has 4 N–H and O–H groups in total. The van der Waals surface area contributed by atoms with Gasteiger partial charge in [-0.05, 0) is 22.3 Å². The van der Waals surface area contributed by atoms with Crippen LogP contribution >= 0.6 is 0 Å². The van der Waals surface area contributed by atoms with Crippen LogP contribution in [0.25, 0.3) is 11.1 Å². The van der Waals surface area contributed by atoms with E-state index in [1.807, 2.05) is 36.4 Å². The van der Waals surface area contributed by atoms with Gasteiger partial charge in [0.15, 0.2) is 0 Å². The van der Waals surface area contributed by atoms with E-state index in [1.165, 1.54) is 17.1 Å². The lowest BCUT2D eigenvalue weighted by Gasteiger charge is -2.14. The van der Waals surface area contributed by atoms with Crippen molar-refractivity contribution in [3.8, 4) is 11.1 Å². The number of carbonyl (C=O) groups excluding carboxylic acids is 2. The largest absolute Gasteiger partial charge is 0.480 e. The number of benzene rings is 2. The zero-order valence-corrected chi connectivity index (χ0v) is 18.2. The third kappa shape index (κ3) is 5.07. The van der Waals surface area contributed by atoms with Crippen LogP contribution in [0.3, 0.4) is 0 Å². The summed E-state index contributed by atoms with van der Waals surface area (Å²) in [6.07, 6.45) is 2.04. The second-order valence-electron chi connectivity index (χ2n) is 7.85. The SMILES string of the molecule is O=C(Cn1cc(NC(=O)OCC2c3ccccc3-c3ccccc32)cn1)NC(CCO)C(=O)O. The van der Waals surface area contributed by atoms with Crippen molar-refractivity contribution in [3.63, 3.8) is 0 Å². The van der Waals surface area contributed by atoms with E-state index < -0.39 is 24.0 Å². The van der Waals surface area contributed by atoms with Crippen molar-refractivity contribution in [2.45, 2.75) is 24.9 Å². The second kappa shape index (κ2) is 10.2. The number of fused-ring (bicyclic) bond motifs is 3. The van der Waals surface area contributed by atoms with Crippen LogP contribution in [0.15, 0.2) is 60.9 Å². The van der Waals surface area contributed by atoms with Crippen LogP contribution in [0, 0.1) is 0 Å². The summed E-state index contributed by atoms with van der Waals surface area (Å²) in [6.45, 7) is -0.452. The van der Waals surface area contributed by atoms with Crippen LogP contribution in [0.1, 0.15) is 23.5 Å². The topological polar surface area (TPSA) is 143 Å². The first kappa shape index (κ1) is 23.0. The zero-order chi connectivity index (χ0) is 24.1. The van der Waals surface area contributed by atoms with E-state index in [4.69, 9.17) is 14.9 Å². The summed E-state index contributed by atoms with van der Waals surface area (Å²) in [5.74, 6) is -1.89. The maximum absolute atomic E-state index is 12.4. The number of aliphatic hydroxyl groups excluding tert-OH is 1. The Morgan fingerprint density at radius 2 is 1.71 bits per heavy atom. The summed E-state index contributed by atoms with van der Waals surface area (Å²) in [5, 5.41) is 26.8. The number of rotatable bonds is 9. The summed E-state index contributed by atoms with van der Waals surface area (Å²) < 4.78 is 6.74. The van der Waals surface area contributed by atoms with Gasteiger partial charge >= 0.3 is 12.1 Å². The third-order valence-corrected chi connectivity index (χ3v) is 5.58. The summed E-state index contributed by atoms with van der Waals surface area (Å²) in [7, 11) is 0. The second-order valence-corrected chi connectivity index (χ2v) is 7.85. The van der Waals surface area contributed by atoms with Gasteiger partial charge in [-0.25, -0.2) is 9.59 Å². The fraction of sp³-hybridized carbons (Fsp3) is 0.250. The predicted molar refractivity (Wildman–Crippen MR) is 122 cm³/mol. The molecule has 1 aliphatic carbocycles. The van der Waals surface area contributed by atoms with Gasteiger partial charge in [-0.2, -0.15) is 5.10 Å². The first-order chi connectivity index (χ1) is 16.5.